The lowest BCUT2D eigenvalue weighted by Crippen LogP contribution is -2.06. The van der Waals surface area contributed by atoms with Crippen LogP contribution in [0, 0.1) is 0 Å². The summed E-state index contributed by atoms with van der Waals surface area (Å²) in [6.07, 6.45) is 0. The van der Waals surface area contributed by atoms with Crippen LogP contribution in [0.1, 0.15) is 33.2 Å². The smallest absolute Gasteiger partial charge is 0.200 e. The van der Waals surface area contributed by atoms with Crippen molar-refractivity contribution < 1.29 is 34.4 Å². The van der Waals surface area contributed by atoms with Gasteiger partial charge in [-0.2, -0.15) is 0 Å². The fraction of sp³-hybridized carbons (Fsp3) is 0.176. The van der Waals surface area contributed by atoms with Gasteiger partial charge >= 0.3 is 0 Å². The number of Topliss-reactive ketones (excluding diaryl/α,β-unsaturated/α-hetero) is 1. The Bertz CT molecular complexity index is 824. The number of rotatable bonds is 5. The molecule has 0 radical (unpaired) electrons. The van der Waals surface area contributed by atoms with E-state index < -0.39 is 23.0 Å². The molecule has 0 heterocycles. The fourth-order valence-electron chi connectivity index (χ4n) is 2.18. The first-order valence-corrected chi connectivity index (χ1v) is 6.86. The summed E-state index contributed by atoms with van der Waals surface area (Å²) in [4.78, 5) is 24.3. The van der Waals surface area contributed by atoms with Crippen molar-refractivity contribution in [2.75, 3.05) is 14.2 Å². The topological polar surface area (TPSA) is 113 Å². The molecule has 0 aliphatic carbocycles. The number of benzene rings is 2. The first kappa shape index (κ1) is 17.1. The molecule has 2 rings (SSSR count). The largest absolute Gasteiger partial charge is 0.504 e. The predicted molar refractivity (Wildman–Crippen MR) is 84.4 cm³/mol. The number of hydrogen-bond acceptors (Lipinski definition) is 7. The van der Waals surface area contributed by atoms with Gasteiger partial charge in [0.1, 0.15) is 0 Å². The highest BCUT2D eigenvalue weighted by Crippen LogP contribution is 2.38. The number of methoxy groups -OCH3 is 2. The number of hydrogen-bond donors (Lipinski definition) is 3. The number of carbonyl (C=O) groups excluding carboxylic acids is 2. The number of phenols is 3. The Labute approximate surface area is 137 Å². The van der Waals surface area contributed by atoms with Crippen LogP contribution in [0.15, 0.2) is 24.3 Å². The van der Waals surface area contributed by atoms with Crippen molar-refractivity contribution in [2.24, 2.45) is 0 Å². The quantitative estimate of drug-likeness (QED) is 0.568. The van der Waals surface area contributed by atoms with Crippen molar-refractivity contribution in [2.45, 2.75) is 6.92 Å². The predicted octanol–water partition coefficient (Wildman–Crippen LogP) is 2.25. The van der Waals surface area contributed by atoms with Gasteiger partial charge in [0.25, 0.3) is 0 Å². The third-order valence-corrected chi connectivity index (χ3v) is 3.48. The molecule has 7 heteroatoms. The van der Waals surface area contributed by atoms with Crippen molar-refractivity contribution >= 4 is 11.6 Å². The van der Waals surface area contributed by atoms with Crippen LogP contribution in [0.25, 0.3) is 0 Å². The standard InChI is InChI=1S/C17H16O7/c1-8(18)9-4-11(16(21)13(6-9)23-2)15(20)10-5-12(19)17(22)14(7-10)24-3/h4-7,19,21-22H,1-3H3. The van der Waals surface area contributed by atoms with E-state index in [4.69, 9.17) is 9.47 Å². The van der Waals surface area contributed by atoms with Crippen molar-refractivity contribution in [3.63, 3.8) is 0 Å². The van der Waals surface area contributed by atoms with Gasteiger partial charge in [-0.15, -0.1) is 0 Å². The average Bonchev–Trinajstić information content (AvgIpc) is 2.56. The summed E-state index contributed by atoms with van der Waals surface area (Å²) in [6.45, 7) is 1.31. The second kappa shape index (κ2) is 6.49. The Morgan fingerprint density at radius 3 is 1.92 bits per heavy atom. The zero-order valence-corrected chi connectivity index (χ0v) is 13.3. The molecule has 0 aliphatic rings. The Morgan fingerprint density at radius 2 is 1.38 bits per heavy atom. The lowest BCUT2D eigenvalue weighted by Gasteiger charge is -2.12. The molecule has 0 aromatic heterocycles. The first-order valence-electron chi connectivity index (χ1n) is 6.86. The first-order chi connectivity index (χ1) is 11.3. The maximum absolute atomic E-state index is 12.7. The number of ketones is 2. The molecule has 0 bridgehead atoms. The molecule has 0 unspecified atom stereocenters. The molecule has 0 atom stereocenters. The zero-order chi connectivity index (χ0) is 18.0. The number of ether oxygens (including phenoxy) is 2. The molecule has 2 aromatic rings. The Balaban J connectivity index is 2.64. The van der Waals surface area contributed by atoms with Crippen molar-refractivity contribution in [1.29, 1.82) is 0 Å². The summed E-state index contributed by atoms with van der Waals surface area (Å²) in [6, 6.07) is 4.80. The van der Waals surface area contributed by atoms with Crippen LogP contribution in [0.2, 0.25) is 0 Å². The van der Waals surface area contributed by atoms with Gasteiger partial charge < -0.3 is 24.8 Å². The number of phenolic OH excluding ortho intramolecular Hbond substituents is 3. The molecule has 7 nitrogen and oxygen atoms in total. The molecule has 0 fully saturated rings. The summed E-state index contributed by atoms with van der Waals surface area (Å²) < 4.78 is 9.87. The Kier molecular flexibility index (Phi) is 4.64. The normalized spacial score (nSPS) is 10.3. The van der Waals surface area contributed by atoms with Gasteiger partial charge in [0, 0.05) is 11.1 Å². The summed E-state index contributed by atoms with van der Waals surface area (Å²) in [5, 5.41) is 29.5. The van der Waals surface area contributed by atoms with Crippen LogP contribution in [0.3, 0.4) is 0 Å². The van der Waals surface area contributed by atoms with Crippen LogP contribution in [0.5, 0.6) is 28.7 Å². The molecule has 3 N–H and O–H groups in total. The molecule has 0 spiro atoms. The van der Waals surface area contributed by atoms with Crippen LogP contribution in [-0.4, -0.2) is 41.1 Å². The Hall–Kier alpha value is -3.22. The molecule has 0 saturated carbocycles. The van der Waals surface area contributed by atoms with Crippen molar-refractivity contribution in [3.05, 3.63) is 41.0 Å². The number of carbonyl (C=O) groups is 2. The molecule has 2 aromatic carbocycles. The average molecular weight is 332 g/mol. The molecule has 126 valence electrons. The van der Waals surface area contributed by atoms with E-state index in [9.17, 15) is 24.9 Å². The van der Waals surface area contributed by atoms with E-state index in [-0.39, 0.29) is 34.0 Å². The van der Waals surface area contributed by atoms with E-state index >= 15 is 0 Å². The lowest BCUT2D eigenvalue weighted by atomic mass is 9.98. The van der Waals surface area contributed by atoms with E-state index in [0.29, 0.717) is 0 Å². The SMILES string of the molecule is COc1cc(C(=O)c2cc(C(C)=O)cc(OC)c2O)cc(O)c1O. The van der Waals surface area contributed by atoms with Crippen LogP contribution in [0.4, 0.5) is 0 Å². The van der Waals surface area contributed by atoms with E-state index in [1.807, 2.05) is 0 Å². The van der Waals surface area contributed by atoms with Gasteiger partial charge in [0.2, 0.25) is 5.75 Å². The molecule has 24 heavy (non-hydrogen) atoms. The monoisotopic (exact) mass is 332 g/mol. The van der Waals surface area contributed by atoms with Gasteiger partial charge in [-0.1, -0.05) is 0 Å². The van der Waals surface area contributed by atoms with E-state index in [2.05, 4.69) is 0 Å². The third-order valence-electron chi connectivity index (χ3n) is 3.48. The molecular weight excluding hydrogens is 316 g/mol. The maximum atomic E-state index is 12.7. The van der Waals surface area contributed by atoms with Gasteiger partial charge in [-0.25, -0.2) is 0 Å². The summed E-state index contributed by atoms with van der Waals surface area (Å²) in [7, 11) is 2.56. The molecule has 0 saturated heterocycles. The van der Waals surface area contributed by atoms with E-state index in [1.165, 1.54) is 39.3 Å². The summed E-state index contributed by atoms with van der Waals surface area (Å²) in [5.41, 5.74) is -0.0325. The highest BCUT2D eigenvalue weighted by Gasteiger charge is 2.22. The second-order valence-corrected chi connectivity index (χ2v) is 5.01. The van der Waals surface area contributed by atoms with Crippen molar-refractivity contribution in [3.8, 4) is 28.7 Å². The van der Waals surface area contributed by atoms with Crippen LogP contribution < -0.4 is 9.47 Å². The Morgan fingerprint density at radius 1 is 0.833 bits per heavy atom. The minimum absolute atomic E-state index is 0.0268. The highest BCUT2D eigenvalue weighted by molar-refractivity contribution is 6.13. The van der Waals surface area contributed by atoms with Gasteiger partial charge in [-0.05, 0) is 31.2 Å². The minimum atomic E-state index is -0.678. The van der Waals surface area contributed by atoms with Gasteiger partial charge in [-0.3, -0.25) is 9.59 Å². The fourth-order valence-corrected chi connectivity index (χ4v) is 2.18. The summed E-state index contributed by atoms with van der Waals surface area (Å²) >= 11 is 0. The van der Waals surface area contributed by atoms with Gasteiger partial charge in [0.15, 0.2) is 34.6 Å². The van der Waals surface area contributed by atoms with Crippen LogP contribution >= 0.6 is 0 Å². The third kappa shape index (κ3) is 2.96. The van der Waals surface area contributed by atoms with Gasteiger partial charge in [0.05, 0.1) is 19.8 Å². The minimum Gasteiger partial charge on any atom is -0.504 e. The number of aromatic hydroxyl groups is 3. The van der Waals surface area contributed by atoms with E-state index in [0.717, 1.165) is 6.07 Å². The molecular formula is C17H16O7. The maximum Gasteiger partial charge on any atom is 0.200 e. The molecule has 0 amide bonds. The van der Waals surface area contributed by atoms with Crippen LogP contribution in [-0.2, 0) is 0 Å². The second-order valence-electron chi connectivity index (χ2n) is 5.01. The summed E-state index contributed by atoms with van der Waals surface area (Å²) in [5.74, 6) is -2.61. The van der Waals surface area contributed by atoms with E-state index in [1.54, 1.807) is 0 Å². The zero-order valence-electron chi connectivity index (χ0n) is 13.3. The van der Waals surface area contributed by atoms with Crippen molar-refractivity contribution in [1.82, 2.24) is 0 Å². The molecule has 0 aliphatic heterocycles. The highest BCUT2D eigenvalue weighted by atomic mass is 16.5. The lowest BCUT2D eigenvalue weighted by molar-refractivity contribution is 0.101.